The number of cyclic esters (lactones) is 1. The first-order chi connectivity index (χ1) is 28.8. The standard InChI is InChI=1S/C50H56O8Si/c1-50(2,3)59(41-26-16-8-17-27-41,42-28-18-9-19-29-42)56-35-40-30-31-43(49(52-4)57-40)45-47(55-34-39-24-14-7-15-25-39)46(54-33-38-22-12-6-13-23-38)44(58-48(45)51)36-53-32-37-20-10-5-11-21-37/h5-31,40,43-47,49H,32-36H2,1-4H3/t40-,43-,44+,45-,46+,47+,49-/m0/s1. The lowest BCUT2D eigenvalue weighted by Gasteiger charge is -2.46. The lowest BCUT2D eigenvalue weighted by Crippen LogP contribution is -2.67. The number of rotatable bonds is 17. The second kappa shape index (κ2) is 20.0. The summed E-state index contributed by atoms with van der Waals surface area (Å²) in [6, 6.07) is 50.9. The van der Waals surface area contributed by atoms with E-state index < -0.39 is 56.8 Å². The van der Waals surface area contributed by atoms with Gasteiger partial charge < -0.3 is 32.8 Å². The maximum absolute atomic E-state index is 14.4. The molecule has 0 aliphatic carbocycles. The SMILES string of the molecule is CO[C@H]1O[C@H](CO[Si](c2ccccc2)(c2ccccc2)C(C)(C)C)C=C[C@H]1[C@@H]1C(=O)O[C@H](COCc2ccccc2)[C@@H](OCc2ccccc2)[C@@H]1OCc1ccccc1. The molecular weight excluding hydrogens is 757 g/mol. The zero-order chi connectivity index (χ0) is 41.1. The Morgan fingerprint density at radius 3 is 1.56 bits per heavy atom. The van der Waals surface area contributed by atoms with Crippen LogP contribution in [0.1, 0.15) is 37.5 Å². The molecule has 5 aromatic rings. The van der Waals surface area contributed by atoms with Gasteiger partial charge in [-0.3, -0.25) is 4.79 Å². The molecule has 0 unspecified atom stereocenters. The Bertz CT molecular complexity index is 2000. The number of ether oxygens (including phenoxy) is 6. The number of carbonyl (C=O) groups is 1. The molecule has 7 rings (SSSR count). The van der Waals surface area contributed by atoms with E-state index in [1.165, 1.54) is 10.4 Å². The van der Waals surface area contributed by atoms with Crippen LogP contribution in [0.3, 0.4) is 0 Å². The second-order valence-electron chi connectivity index (χ2n) is 16.2. The van der Waals surface area contributed by atoms with Crippen molar-refractivity contribution in [3.8, 4) is 0 Å². The first-order valence-corrected chi connectivity index (χ1v) is 22.4. The van der Waals surface area contributed by atoms with Crippen LogP contribution in [-0.4, -0.2) is 65.3 Å². The highest BCUT2D eigenvalue weighted by Crippen LogP contribution is 2.40. The van der Waals surface area contributed by atoms with Gasteiger partial charge in [-0.25, -0.2) is 0 Å². The van der Waals surface area contributed by atoms with Gasteiger partial charge in [0.05, 0.1) is 39.0 Å². The smallest absolute Gasteiger partial charge is 0.312 e. The third-order valence-corrected chi connectivity index (χ3v) is 16.3. The van der Waals surface area contributed by atoms with Gasteiger partial charge in [0.15, 0.2) is 12.4 Å². The van der Waals surface area contributed by atoms with Crippen molar-refractivity contribution in [2.75, 3.05) is 20.3 Å². The maximum Gasteiger partial charge on any atom is 0.312 e. The van der Waals surface area contributed by atoms with E-state index in [1.54, 1.807) is 7.11 Å². The monoisotopic (exact) mass is 812 g/mol. The van der Waals surface area contributed by atoms with Gasteiger partial charge in [-0.2, -0.15) is 0 Å². The van der Waals surface area contributed by atoms with Crippen molar-refractivity contribution < 1.29 is 37.6 Å². The average molecular weight is 813 g/mol. The van der Waals surface area contributed by atoms with Crippen molar-refractivity contribution in [1.82, 2.24) is 0 Å². The molecule has 8 nitrogen and oxygen atoms in total. The fraction of sp³-hybridized carbons (Fsp3) is 0.340. The van der Waals surface area contributed by atoms with Crippen LogP contribution in [0.2, 0.25) is 5.04 Å². The van der Waals surface area contributed by atoms with Crippen LogP contribution in [0.15, 0.2) is 164 Å². The number of hydrogen-bond acceptors (Lipinski definition) is 8. The van der Waals surface area contributed by atoms with Crippen LogP contribution < -0.4 is 10.4 Å². The van der Waals surface area contributed by atoms with Crippen LogP contribution in [0.4, 0.5) is 0 Å². The van der Waals surface area contributed by atoms with E-state index in [-0.39, 0.29) is 18.3 Å². The van der Waals surface area contributed by atoms with Gasteiger partial charge in [0.25, 0.3) is 8.32 Å². The predicted octanol–water partition coefficient (Wildman–Crippen LogP) is 8.04. The molecule has 0 N–H and O–H groups in total. The van der Waals surface area contributed by atoms with Gasteiger partial charge in [-0.1, -0.05) is 185 Å². The summed E-state index contributed by atoms with van der Waals surface area (Å²) in [4.78, 5) is 14.4. The fourth-order valence-corrected chi connectivity index (χ4v) is 12.9. The molecule has 1 saturated heterocycles. The number of methoxy groups -OCH3 is 1. The number of esters is 1. The average Bonchev–Trinajstić information content (AvgIpc) is 3.27. The highest BCUT2D eigenvalue weighted by molar-refractivity contribution is 6.99. The lowest BCUT2D eigenvalue weighted by atomic mass is 9.80. The van der Waals surface area contributed by atoms with E-state index in [0.717, 1.165) is 16.7 Å². The van der Waals surface area contributed by atoms with Crippen molar-refractivity contribution >= 4 is 24.7 Å². The number of benzene rings is 5. The van der Waals surface area contributed by atoms with Gasteiger partial charge >= 0.3 is 5.97 Å². The van der Waals surface area contributed by atoms with E-state index >= 15 is 0 Å². The van der Waals surface area contributed by atoms with Crippen molar-refractivity contribution in [2.45, 2.75) is 76.3 Å². The topological polar surface area (TPSA) is 81.7 Å². The molecule has 0 radical (unpaired) electrons. The molecule has 59 heavy (non-hydrogen) atoms. The maximum atomic E-state index is 14.4. The number of hydrogen-bond donors (Lipinski definition) is 0. The summed E-state index contributed by atoms with van der Waals surface area (Å²) in [6.07, 6.45) is 0.649. The molecule has 0 spiro atoms. The largest absolute Gasteiger partial charge is 0.457 e. The summed E-state index contributed by atoms with van der Waals surface area (Å²) in [5.74, 6) is -1.78. The molecule has 0 aromatic heterocycles. The van der Waals surface area contributed by atoms with Gasteiger partial charge in [0.1, 0.15) is 18.3 Å². The summed E-state index contributed by atoms with van der Waals surface area (Å²) in [5, 5.41) is 2.17. The first kappa shape index (κ1) is 42.4. The summed E-state index contributed by atoms with van der Waals surface area (Å²) >= 11 is 0. The highest BCUT2D eigenvalue weighted by atomic mass is 28.4. The molecule has 9 heteroatoms. The molecule has 5 aromatic carbocycles. The first-order valence-electron chi connectivity index (χ1n) is 20.5. The second-order valence-corrected chi connectivity index (χ2v) is 20.5. The van der Waals surface area contributed by atoms with Crippen molar-refractivity contribution in [1.29, 1.82) is 0 Å². The molecule has 308 valence electrons. The fourth-order valence-electron chi connectivity index (χ4n) is 8.37. The number of carbonyl (C=O) groups excluding carboxylic acids is 1. The Kier molecular flexibility index (Phi) is 14.4. The van der Waals surface area contributed by atoms with Gasteiger partial charge in [-0.05, 0) is 32.1 Å². The van der Waals surface area contributed by atoms with Gasteiger partial charge in [-0.15, -0.1) is 0 Å². The Balaban J connectivity index is 1.17. The van der Waals surface area contributed by atoms with Gasteiger partial charge in [0, 0.05) is 13.0 Å². The lowest BCUT2D eigenvalue weighted by molar-refractivity contribution is -0.244. The van der Waals surface area contributed by atoms with Crippen LogP contribution in [0, 0.1) is 11.8 Å². The molecule has 0 saturated carbocycles. The van der Waals surface area contributed by atoms with Crippen molar-refractivity contribution in [3.05, 3.63) is 181 Å². The third kappa shape index (κ3) is 10.2. The molecule has 0 bridgehead atoms. The summed E-state index contributed by atoms with van der Waals surface area (Å²) in [7, 11) is -1.24. The minimum Gasteiger partial charge on any atom is -0.457 e. The van der Waals surface area contributed by atoms with Gasteiger partial charge in [0.2, 0.25) is 0 Å². The third-order valence-electron chi connectivity index (χ3n) is 11.2. The Labute approximate surface area is 350 Å². The van der Waals surface area contributed by atoms with E-state index in [4.69, 9.17) is 32.8 Å². The van der Waals surface area contributed by atoms with E-state index in [9.17, 15) is 4.79 Å². The van der Waals surface area contributed by atoms with Crippen LogP contribution in [-0.2, 0) is 57.5 Å². The molecule has 0 amide bonds. The van der Waals surface area contributed by atoms with Crippen molar-refractivity contribution in [3.63, 3.8) is 0 Å². The molecule has 2 aliphatic rings. The Hall–Kier alpha value is -4.71. The summed E-state index contributed by atoms with van der Waals surface area (Å²) < 4.78 is 46.0. The van der Waals surface area contributed by atoms with E-state index in [1.807, 2.05) is 115 Å². The normalized spacial score (nSPS) is 23.5. The van der Waals surface area contributed by atoms with Crippen LogP contribution >= 0.6 is 0 Å². The van der Waals surface area contributed by atoms with Crippen LogP contribution in [0.25, 0.3) is 0 Å². The Morgan fingerprint density at radius 1 is 0.593 bits per heavy atom. The molecule has 1 fully saturated rings. The Morgan fingerprint density at radius 2 is 1.07 bits per heavy atom. The zero-order valence-electron chi connectivity index (χ0n) is 34.4. The van der Waals surface area contributed by atoms with E-state index in [0.29, 0.717) is 19.8 Å². The zero-order valence-corrected chi connectivity index (χ0v) is 35.4. The summed E-state index contributed by atoms with van der Waals surface area (Å²) in [5.41, 5.74) is 2.99. The molecule has 2 heterocycles. The molecular formula is C50H56O8Si. The minimum absolute atomic E-state index is 0.129. The van der Waals surface area contributed by atoms with Crippen molar-refractivity contribution in [2.24, 2.45) is 11.8 Å². The predicted molar refractivity (Wildman–Crippen MR) is 231 cm³/mol. The quantitative estimate of drug-likeness (QED) is 0.0531. The molecule has 2 aliphatic heterocycles. The minimum atomic E-state index is -2.84. The van der Waals surface area contributed by atoms with Crippen LogP contribution in [0.5, 0.6) is 0 Å². The highest BCUT2D eigenvalue weighted by Gasteiger charge is 2.54. The van der Waals surface area contributed by atoms with E-state index in [2.05, 4.69) is 69.3 Å². The molecule has 7 atom stereocenters. The summed E-state index contributed by atoms with van der Waals surface area (Å²) in [6.45, 7) is 8.11.